The predicted molar refractivity (Wildman–Crippen MR) is 88.9 cm³/mol. The summed E-state index contributed by atoms with van der Waals surface area (Å²) in [6, 6.07) is 9.94. The van der Waals surface area contributed by atoms with E-state index < -0.39 is 5.97 Å². The van der Waals surface area contributed by atoms with Crippen LogP contribution in [0.15, 0.2) is 47.2 Å². The van der Waals surface area contributed by atoms with Gasteiger partial charge in [0.2, 0.25) is 0 Å². The molecule has 1 N–H and O–H groups in total. The van der Waals surface area contributed by atoms with Crippen molar-refractivity contribution in [2.75, 3.05) is 13.1 Å². The van der Waals surface area contributed by atoms with Gasteiger partial charge in [0.1, 0.15) is 5.58 Å². The molecule has 1 aliphatic rings. The average molecular weight is 325 g/mol. The number of para-hydroxylation sites is 1. The van der Waals surface area contributed by atoms with E-state index in [1.54, 1.807) is 16.9 Å². The first-order chi connectivity index (χ1) is 11.7. The molecule has 0 atom stereocenters. The Morgan fingerprint density at radius 2 is 2.04 bits per heavy atom. The highest BCUT2D eigenvalue weighted by atomic mass is 16.4. The van der Waals surface area contributed by atoms with Crippen LogP contribution in [0.25, 0.3) is 11.0 Å². The van der Waals surface area contributed by atoms with Crippen molar-refractivity contribution in [1.29, 1.82) is 0 Å². The molecule has 0 aliphatic carbocycles. The summed E-state index contributed by atoms with van der Waals surface area (Å²) in [6.07, 6.45) is 5.56. The second-order valence-electron chi connectivity index (χ2n) is 6.25. The third-order valence-electron chi connectivity index (χ3n) is 4.71. The van der Waals surface area contributed by atoms with E-state index in [1.807, 2.05) is 24.5 Å². The first-order valence-corrected chi connectivity index (χ1v) is 8.16. The van der Waals surface area contributed by atoms with Crippen molar-refractivity contribution in [3.63, 3.8) is 0 Å². The van der Waals surface area contributed by atoms with E-state index in [2.05, 4.69) is 16.1 Å². The number of carboxylic acid groups (broad SMARTS) is 1. The van der Waals surface area contributed by atoms with Crippen LogP contribution in [0.1, 0.15) is 34.9 Å². The van der Waals surface area contributed by atoms with Gasteiger partial charge in [-0.2, -0.15) is 5.10 Å². The van der Waals surface area contributed by atoms with Crippen LogP contribution >= 0.6 is 0 Å². The highest BCUT2D eigenvalue weighted by Crippen LogP contribution is 2.26. The number of carbonyl (C=O) groups is 1. The van der Waals surface area contributed by atoms with Gasteiger partial charge in [-0.3, -0.25) is 9.58 Å². The normalized spacial score (nSPS) is 16.7. The third-order valence-corrected chi connectivity index (χ3v) is 4.71. The largest absolute Gasteiger partial charge is 0.476 e. The van der Waals surface area contributed by atoms with Crippen LogP contribution in [0.5, 0.6) is 0 Å². The lowest BCUT2D eigenvalue weighted by Gasteiger charge is -2.31. The first-order valence-electron chi connectivity index (χ1n) is 8.16. The van der Waals surface area contributed by atoms with Crippen molar-refractivity contribution in [1.82, 2.24) is 14.7 Å². The van der Waals surface area contributed by atoms with E-state index in [-0.39, 0.29) is 11.7 Å². The molecule has 6 nitrogen and oxygen atoms in total. The molecule has 124 valence electrons. The Morgan fingerprint density at radius 1 is 1.25 bits per heavy atom. The topological polar surface area (TPSA) is 71.5 Å². The zero-order valence-electron chi connectivity index (χ0n) is 13.3. The minimum atomic E-state index is -0.974. The zero-order chi connectivity index (χ0) is 16.5. The van der Waals surface area contributed by atoms with Gasteiger partial charge in [-0.15, -0.1) is 0 Å². The number of benzene rings is 1. The Kier molecular flexibility index (Phi) is 3.82. The summed E-state index contributed by atoms with van der Waals surface area (Å²) < 4.78 is 7.41. The van der Waals surface area contributed by atoms with Crippen molar-refractivity contribution in [2.24, 2.45) is 0 Å². The summed E-state index contributed by atoms with van der Waals surface area (Å²) in [4.78, 5) is 13.4. The van der Waals surface area contributed by atoms with Gasteiger partial charge in [0.15, 0.2) is 5.69 Å². The monoisotopic (exact) mass is 325 g/mol. The van der Waals surface area contributed by atoms with Crippen LogP contribution in [-0.2, 0) is 6.54 Å². The Morgan fingerprint density at radius 3 is 2.79 bits per heavy atom. The van der Waals surface area contributed by atoms with Gasteiger partial charge in [0, 0.05) is 36.8 Å². The Labute approximate surface area is 139 Å². The molecule has 0 amide bonds. The van der Waals surface area contributed by atoms with E-state index in [9.17, 15) is 4.79 Å². The fraction of sp³-hybridized carbons (Fsp3) is 0.333. The molecule has 1 saturated heterocycles. The van der Waals surface area contributed by atoms with Gasteiger partial charge in [0.05, 0.1) is 12.3 Å². The molecule has 0 bridgehead atoms. The molecule has 1 fully saturated rings. The molecular weight excluding hydrogens is 306 g/mol. The average Bonchev–Trinajstić information content (AvgIpc) is 3.24. The highest BCUT2D eigenvalue weighted by molar-refractivity contribution is 5.85. The number of furan rings is 1. The zero-order valence-corrected chi connectivity index (χ0v) is 13.3. The summed E-state index contributed by atoms with van der Waals surface area (Å²) in [5.41, 5.74) is 2.26. The van der Waals surface area contributed by atoms with Crippen LogP contribution < -0.4 is 0 Å². The summed E-state index contributed by atoms with van der Waals surface area (Å²) >= 11 is 0. The number of aromatic nitrogens is 2. The van der Waals surface area contributed by atoms with Crippen molar-refractivity contribution < 1.29 is 14.3 Å². The second-order valence-corrected chi connectivity index (χ2v) is 6.25. The molecule has 3 heterocycles. The Hall–Kier alpha value is -2.60. The number of aromatic carboxylic acids is 1. The molecule has 3 aromatic rings. The molecule has 2 aromatic heterocycles. The van der Waals surface area contributed by atoms with Gasteiger partial charge in [-0.05, 0) is 25.0 Å². The summed E-state index contributed by atoms with van der Waals surface area (Å²) in [5, 5.41) is 14.3. The van der Waals surface area contributed by atoms with E-state index in [4.69, 9.17) is 9.52 Å². The number of carboxylic acids is 1. The van der Waals surface area contributed by atoms with Gasteiger partial charge < -0.3 is 9.52 Å². The van der Waals surface area contributed by atoms with Gasteiger partial charge in [-0.25, -0.2) is 4.79 Å². The van der Waals surface area contributed by atoms with Crippen molar-refractivity contribution in [2.45, 2.75) is 25.4 Å². The summed E-state index contributed by atoms with van der Waals surface area (Å²) in [7, 11) is 0. The predicted octanol–water partition coefficient (Wildman–Crippen LogP) is 3.16. The number of likely N-dealkylation sites (tertiary alicyclic amines) is 1. The lowest BCUT2D eigenvalue weighted by Crippen LogP contribution is -2.34. The van der Waals surface area contributed by atoms with Crippen LogP contribution in [0.2, 0.25) is 0 Å². The SMILES string of the molecule is O=C(O)c1ccn(C2CCN(Cc3coc4ccccc34)CC2)n1. The second kappa shape index (κ2) is 6.13. The Bertz CT molecular complexity index is 859. The maximum Gasteiger partial charge on any atom is 0.356 e. The van der Waals surface area contributed by atoms with Gasteiger partial charge in [-0.1, -0.05) is 18.2 Å². The van der Waals surface area contributed by atoms with Crippen molar-refractivity contribution in [3.05, 3.63) is 54.0 Å². The molecule has 0 saturated carbocycles. The first kappa shape index (κ1) is 15.0. The number of hydrogen-bond acceptors (Lipinski definition) is 4. The maximum atomic E-state index is 10.9. The number of rotatable bonds is 4. The molecule has 0 unspecified atom stereocenters. The fourth-order valence-corrected chi connectivity index (χ4v) is 3.39. The molecule has 1 aliphatic heterocycles. The molecular formula is C18H19N3O3. The molecule has 1 aromatic carbocycles. The number of nitrogens with zero attached hydrogens (tertiary/aromatic N) is 3. The van der Waals surface area contributed by atoms with Crippen molar-refractivity contribution >= 4 is 16.9 Å². The Balaban J connectivity index is 1.40. The van der Waals surface area contributed by atoms with E-state index in [1.165, 1.54) is 10.9 Å². The smallest absolute Gasteiger partial charge is 0.356 e. The quantitative estimate of drug-likeness (QED) is 0.798. The minimum absolute atomic E-state index is 0.113. The van der Waals surface area contributed by atoms with Crippen LogP contribution in [0.3, 0.4) is 0 Å². The number of piperidine rings is 1. The summed E-state index contributed by atoms with van der Waals surface area (Å²) in [6.45, 7) is 2.81. The molecule has 4 rings (SSSR count). The highest BCUT2D eigenvalue weighted by Gasteiger charge is 2.22. The van der Waals surface area contributed by atoms with Crippen molar-refractivity contribution in [3.8, 4) is 0 Å². The van der Waals surface area contributed by atoms with E-state index in [0.29, 0.717) is 0 Å². The van der Waals surface area contributed by atoms with Gasteiger partial charge in [0.25, 0.3) is 0 Å². The number of hydrogen-bond donors (Lipinski definition) is 1. The lowest BCUT2D eigenvalue weighted by atomic mass is 10.0. The van der Waals surface area contributed by atoms with Crippen LogP contribution in [0.4, 0.5) is 0 Å². The third kappa shape index (κ3) is 2.80. The number of fused-ring (bicyclic) bond motifs is 1. The maximum absolute atomic E-state index is 10.9. The molecule has 0 spiro atoms. The minimum Gasteiger partial charge on any atom is -0.476 e. The van der Waals surface area contributed by atoms with Crippen LogP contribution in [-0.4, -0.2) is 38.8 Å². The lowest BCUT2D eigenvalue weighted by molar-refractivity contribution is 0.0688. The van der Waals surface area contributed by atoms with Crippen LogP contribution in [0, 0.1) is 0 Å². The molecule has 24 heavy (non-hydrogen) atoms. The summed E-state index contributed by atoms with van der Waals surface area (Å²) in [5.74, 6) is -0.974. The van der Waals surface area contributed by atoms with E-state index in [0.717, 1.165) is 38.1 Å². The molecule has 6 heteroatoms. The fourth-order valence-electron chi connectivity index (χ4n) is 3.39. The van der Waals surface area contributed by atoms with Gasteiger partial charge >= 0.3 is 5.97 Å². The molecule has 0 radical (unpaired) electrons. The standard InChI is InChI=1S/C18H19N3O3/c22-18(23)16-7-10-21(19-16)14-5-8-20(9-6-14)11-13-12-24-17-4-2-1-3-15(13)17/h1-4,7,10,12,14H,5-6,8-9,11H2,(H,22,23). The van der Waals surface area contributed by atoms with E-state index >= 15 is 0 Å².